The van der Waals surface area contributed by atoms with Crippen molar-refractivity contribution in [2.24, 2.45) is 0 Å². The monoisotopic (exact) mass is 254 g/mol. The van der Waals surface area contributed by atoms with Gasteiger partial charge in [-0.05, 0) is 19.4 Å². The topological polar surface area (TPSA) is 52.6 Å². The largest absolute Gasteiger partial charge is 0.480 e. The van der Waals surface area contributed by atoms with Crippen molar-refractivity contribution in [1.82, 2.24) is 10.2 Å². The van der Waals surface area contributed by atoms with Gasteiger partial charge in [0.2, 0.25) is 0 Å². The summed E-state index contributed by atoms with van der Waals surface area (Å²) >= 11 is 0. The van der Waals surface area contributed by atoms with E-state index < -0.39 is 24.7 Å². The van der Waals surface area contributed by atoms with Crippen molar-refractivity contribution >= 4 is 5.97 Å². The highest BCUT2D eigenvalue weighted by molar-refractivity contribution is 5.73. The Morgan fingerprint density at radius 1 is 1.53 bits per heavy atom. The Morgan fingerprint density at radius 3 is 2.47 bits per heavy atom. The zero-order valence-electron chi connectivity index (χ0n) is 9.63. The van der Waals surface area contributed by atoms with Crippen molar-refractivity contribution in [1.29, 1.82) is 0 Å². The number of nitrogens with one attached hydrogen (secondary N) is 1. The number of carbonyl (C=O) groups is 1. The van der Waals surface area contributed by atoms with Crippen LogP contribution in [0.25, 0.3) is 0 Å². The fourth-order valence-electron chi connectivity index (χ4n) is 1.72. The van der Waals surface area contributed by atoms with Gasteiger partial charge in [-0.3, -0.25) is 9.69 Å². The highest BCUT2D eigenvalue weighted by Gasteiger charge is 2.39. The van der Waals surface area contributed by atoms with Crippen molar-refractivity contribution < 1.29 is 23.1 Å². The third-order valence-electron chi connectivity index (χ3n) is 2.61. The van der Waals surface area contributed by atoms with E-state index >= 15 is 0 Å². The van der Waals surface area contributed by atoms with Crippen LogP contribution >= 0.6 is 0 Å². The lowest BCUT2D eigenvalue weighted by Gasteiger charge is -2.26. The summed E-state index contributed by atoms with van der Waals surface area (Å²) in [6, 6.07) is -1.06. The number of nitrogens with zero attached hydrogens (tertiary/aromatic N) is 1. The van der Waals surface area contributed by atoms with E-state index in [1.165, 1.54) is 4.90 Å². The molecule has 0 aromatic rings. The summed E-state index contributed by atoms with van der Waals surface area (Å²) in [4.78, 5) is 12.1. The van der Waals surface area contributed by atoms with E-state index in [0.717, 1.165) is 0 Å². The molecule has 1 saturated carbocycles. The fraction of sp³-hybridized carbons (Fsp3) is 0.900. The lowest BCUT2D eigenvalue weighted by Crippen LogP contribution is -2.49. The van der Waals surface area contributed by atoms with Crippen LogP contribution in [0.3, 0.4) is 0 Å². The maximum Gasteiger partial charge on any atom is 0.401 e. The maximum absolute atomic E-state index is 12.3. The third-order valence-corrected chi connectivity index (χ3v) is 2.61. The van der Waals surface area contributed by atoms with Gasteiger partial charge in [0, 0.05) is 12.6 Å². The van der Waals surface area contributed by atoms with Gasteiger partial charge in [0.25, 0.3) is 0 Å². The fourth-order valence-corrected chi connectivity index (χ4v) is 1.72. The van der Waals surface area contributed by atoms with E-state index in [0.29, 0.717) is 19.4 Å². The van der Waals surface area contributed by atoms with Crippen molar-refractivity contribution in [2.45, 2.75) is 38.0 Å². The van der Waals surface area contributed by atoms with Crippen LogP contribution in [0.5, 0.6) is 0 Å². The van der Waals surface area contributed by atoms with Gasteiger partial charge in [0.05, 0.1) is 6.54 Å². The molecule has 100 valence electrons. The number of carboxylic acids is 1. The summed E-state index contributed by atoms with van der Waals surface area (Å²) in [5.74, 6) is -1.11. The molecular weight excluding hydrogens is 237 g/mol. The molecule has 1 rings (SSSR count). The number of halogens is 3. The van der Waals surface area contributed by atoms with Gasteiger partial charge in [0.1, 0.15) is 6.04 Å². The Balaban J connectivity index is 2.55. The second-order valence-electron chi connectivity index (χ2n) is 4.22. The van der Waals surface area contributed by atoms with Crippen LogP contribution in [-0.2, 0) is 4.79 Å². The minimum atomic E-state index is -4.28. The van der Waals surface area contributed by atoms with Crippen molar-refractivity contribution in [3.05, 3.63) is 0 Å². The number of aliphatic carboxylic acids is 1. The Hall–Kier alpha value is -0.820. The van der Waals surface area contributed by atoms with E-state index in [4.69, 9.17) is 5.11 Å². The van der Waals surface area contributed by atoms with Gasteiger partial charge < -0.3 is 10.4 Å². The lowest BCUT2D eigenvalue weighted by molar-refractivity contribution is -0.152. The molecule has 0 radical (unpaired) electrons. The minimum absolute atomic E-state index is 0.104. The summed E-state index contributed by atoms with van der Waals surface area (Å²) in [5.41, 5.74) is 0. The van der Waals surface area contributed by atoms with Crippen LogP contribution < -0.4 is 5.32 Å². The Bertz CT molecular complexity index is 267. The van der Waals surface area contributed by atoms with Gasteiger partial charge >= 0.3 is 12.1 Å². The first-order valence-corrected chi connectivity index (χ1v) is 5.60. The first kappa shape index (κ1) is 14.2. The number of alkyl halides is 3. The van der Waals surface area contributed by atoms with Gasteiger partial charge in [-0.2, -0.15) is 13.2 Å². The summed E-state index contributed by atoms with van der Waals surface area (Å²) in [6.45, 7) is 1.00. The average Bonchev–Trinajstić information content (AvgIpc) is 2.96. The Labute approximate surface area is 97.8 Å². The number of likely N-dealkylation sites (N-methyl/N-ethyl adjacent to an activating group) is 1. The molecule has 0 saturated heterocycles. The smallest absolute Gasteiger partial charge is 0.401 e. The average molecular weight is 254 g/mol. The summed E-state index contributed by atoms with van der Waals surface area (Å²) in [7, 11) is 0. The highest BCUT2D eigenvalue weighted by Crippen LogP contribution is 2.30. The number of hydrogen-bond acceptors (Lipinski definition) is 3. The van der Waals surface area contributed by atoms with Crippen LogP contribution in [0.15, 0.2) is 0 Å². The molecule has 0 bridgehead atoms. The molecule has 17 heavy (non-hydrogen) atoms. The highest BCUT2D eigenvalue weighted by atomic mass is 19.4. The zero-order valence-corrected chi connectivity index (χ0v) is 9.63. The second kappa shape index (κ2) is 5.68. The molecule has 2 N–H and O–H groups in total. The quantitative estimate of drug-likeness (QED) is 0.713. The zero-order chi connectivity index (χ0) is 13.1. The Kier molecular flexibility index (Phi) is 4.76. The van der Waals surface area contributed by atoms with E-state index in [9.17, 15) is 18.0 Å². The molecule has 1 aliphatic carbocycles. The second-order valence-corrected chi connectivity index (χ2v) is 4.22. The lowest BCUT2D eigenvalue weighted by atomic mass is 10.2. The summed E-state index contributed by atoms with van der Waals surface area (Å²) in [6.07, 6.45) is -2.85. The molecule has 0 spiro atoms. The van der Waals surface area contributed by atoms with E-state index in [2.05, 4.69) is 5.32 Å². The van der Waals surface area contributed by atoms with Crippen LogP contribution in [0.1, 0.15) is 19.8 Å². The standard InChI is InChI=1S/C10H17F3N2O2/c1-2-14-8(9(16)17)5-15(7-3-4-7)6-10(11,12)13/h7-8,14H,2-6H2,1H3,(H,16,17). The molecule has 0 amide bonds. The molecule has 0 heterocycles. The molecular formula is C10H17F3N2O2. The predicted molar refractivity (Wildman–Crippen MR) is 55.8 cm³/mol. The van der Waals surface area contributed by atoms with Gasteiger partial charge in [-0.15, -0.1) is 0 Å². The molecule has 4 nitrogen and oxygen atoms in total. The van der Waals surface area contributed by atoms with E-state index in [1.807, 2.05) is 0 Å². The third kappa shape index (κ3) is 5.36. The first-order chi connectivity index (χ1) is 7.83. The molecule has 1 unspecified atom stereocenters. The van der Waals surface area contributed by atoms with E-state index in [-0.39, 0.29) is 12.6 Å². The molecule has 7 heteroatoms. The van der Waals surface area contributed by atoms with E-state index in [1.54, 1.807) is 6.92 Å². The molecule has 1 atom stereocenters. The van der Waals surface area contributed by atoms with Crippen molar-refractivity contribution in [3.63, 3.8) is 0 Å². The maximum atomic E-state index is 12.3. The molecule has 0 aromatic heterocycles. The number of hydrogen-bond donors (Lipinski definition) is 2. The number of rotatable bonds is 7. The minimum Gasteiger partial charge on any atom is -0.480 e. The Morgan fingerprint density at radius 2 is 2.12 bits per heavy atom. The van der Waals surface area contributed by atoms with Gasteiger partial charge in [-0.25, -0.2) is 0 Å². The SMILES string of the molecule is CCNC(CN(CC(F)(F)F)C1CC1)C(=O)O. The molecule has 1 aliphatic rings. The normalized spacial score (nSPS) is 18.4. The number of carboxylic acid groups (broad SMARTS) is 1. The summed E-state index contributed by atoms with van der Waals surface area (Å²) in [5, 5.41) is 11.6. The van der Waals surface area contributed by atoms with Crippen LogP contribution in [0.4, 0.5) is 13.2 Å². The van der Waals surface area contributed by atoms with Crippen LogP contribution in [0, 0.1) is 0 Å². The molecule has 1 fully saturated rings. The van der Waals surface area contributed by atoms with Crippen molar-refractivity contribution in [3.8, 4) is 0 Å². The summed E-state index contributed by atoms with van der Waals surface area (Å²) < 4.78 is 37.0. The predicted octanol–water partition coefficient (Wildman–Crippen LogP) is 1.08. The molecule has 0 aromatic carbocycles. The van der Waals surface area contributed by atoms with Crippen molar-refractivity contribution in [2.75, 3.05) is 19.6 Å². The van der Waals surface area contributed by atoms with Gasteiger partial charge in [-0.1, -0.05) is 6.92 Å². The van der Waals surface area contributed by atoms with Crippen LogP contribution in [0.2, 0.25) is 0 Å². The van der Waals surface area contributed by atoms with Crippen LogP contribution in [-0.4, -0.2) is 53.9 Å². The van der Waals surface area contributed by atoms with Gasteiger partial charge in [0.15, 0.2) is 0 Å². The molecule has 0 aliphatic heterocycles. The first-order valence-electron chi connectivity index (χ1n) is 5.60.